The van der Waals surface area contributed by atoms with Gasteiger partial charge >= 0.3 is 5.97 Å². The van der Waals surface area contributed by atoms with E-state index in [0.717, 1.165) is 37.5 Å². The van der Waals surface area contributed by atoms with E-state index in [0.29, 0.717) is 11.5 Å². The quantitative estimate of drug-likeness (QED) is 0.301. The maximum atomic E-state index is 11.4. The van der Waals surface area contributed by atoms with E-state index in [2.05, 4.69) is 34.2 Å². The number of esters is 1. The van der Waals surface area contributed by atoms with Crippen molar-refractivity contribution in [2.24, 2.45) is 10.9 Å². The third-order valence-electron chi connectivity index (χ3n) is 3.32. The predicted molar refractivity (Wildman–Crippen MR) is 106 cm³/mol. The first-order valence-electron chi connectivity index (χ1n) is 7.68. The molecule has 0 fully saturated rings. The normalized spacial score (nSPS) is 10.9. The molecule has 1 aromatic rings. The minimum Gasteiger partial charge on any atom is -0.465 e. The highest BCUT2D eigenvalue weighted by atomic mass is 127. The molecule has 0 spiro atoms. The van der Waals surface area contributed by atoms with Crippen molar-refractivity contribution in [3.05, 3.63) is 35.4 Å². The highest BCUT2D eigenvalue weighted by Gasteiger charge is 2.04. The largest absolute Gasteiger partial charge is 0.465 e. The fourth-order valence-corrected chi connectivity index (χ4v) is 1.95. The van der Waals surface area contributed by atoms with Gasteiger partial charge < -0.3 is 15.4 Å². The van der Waals surface area contributed by atoms with E-state index >= 15 is 0 Å². The Hall–Kier alpha value is -1.31. The second kappa shape index (κ2) is 12.2. The van der Waals surface area contributed by atoms with Crippen LogP contribution in [0.4, 0.5) is 0 Å². The van der Waals surface area contributed by atoms with Crippen LogP contribution >= 0.6 is 24.0 Å². The van der Waals surface area contributed by atoms with Gasteiger partial charge in [0.1, 0.15) is 0 Å². The molecule has 0 aliphatic carbocycles. The highest BCUT2D eigenvalue weighted by molar-refractivity contribution is 14.0. The van der Waals surface area contributed by atoms with Gasteiger partial charge in [-0.1, -0.05) is 26.0 Å². The number of halogens is 1. The molecule has 130 valence electrons. The molecule has 23 heavy (non-hydrogen) atoms. The minimum absolute atomic E-state index is 0. The smallest absolute Gasteiger partial charge is 0.337 e. The van der Waals surface area contributed by atoms with E-state index in [1.807, 2.05) is 12.1 Å². The lowest BCUT2D eigenvalue weighted by Crippen LogP contribution is -2.39. The van der Waals surface area contributed by atoms with E-state index in [9.17, 15) is 4.79 Å². The van der Waals surface area contributed by atoms with Crippen LogP contribution < -0.4 is 10.6 Å². The maximum absolute atomic E-state index is 11.4. The van der Waals surface area contributed by atoms with Crippen molar-refractivity contribution >= 4 is 35.9 Å². The monoisotopic (exact) mass is 433 g/mol. The van der Waals surface area contributed by atoms with Gasteiger partial charge in [0.2, 0.25) is 0 Å². The third-order valence-corrected chi connectivity index (χ3v) is 3.32. The number of hydrogen-bond acceptors (Lipinski definition) is 3. The Morgan fingerprint density at radius 3 is 2.30 bits per heavy atom. The summed E-state index contributed by atoms with van der Waals surface area (Å²) in [7, 11) is 3.16. The molecule has 0 amide bonds. The van der Waals surface area contributed by atoms with Crippen LogP contribution in [0.2, 0.25) is 0 Å². The van der Waals surface area contributed by atoms with E-state index in [4.69, 9.17) is 0 Å². The molecular formula is C17H28IN3O2. The summed E-state index contributed by atoms with van der Waals surface area (Å²) in [6, 6.07) is 7.47. The number of nitrogens with zero attached hydrogens (tertiary/aromatic N) is 1. The lowest BCUT2D eigenvalue weighted by atomic mass is 10.1. The van der Waals surface area contributed by atoms with Gasteiger partial charge in [-0.15, -0.1) is 24.0 Å². The average molecular weight is 433 g/mol. The van der Waals surface area contributed by atoms with Crippen molar-refractivity contribution in [1.82, 2.24) is 10.6 Å². The SMILES string of the molecule is CN=C(NCCc1ccc(C(=O)OC)cc1)NCCC(C)C.I. The summed E-state index contributed by atoms with van der Waals surface area (Å²) in [6.45, 7) is 6.12. The molecule has 1 rings (SSSR count). The number of aliphatic imine (C=N–C) groups is 1. The van der Waals surface area contributed by atoms with Gasteiger partial charge in [0.15, 0.2) is 5.96 Å². The van der Waals surface area contributed by atoms with E-state index < -0.39 is 0 Å². The molecule has 0 radical (unpaired) electrons. The standard InChI is InChI=1S/C17H27N3O2.HI/c1-13(2)9-11-19-17(18-3)20-12-10-14-5-7-15(8-6-14)16(21)22-4;/h5-8,13H,9-12H2,1-4H3,(H2,18,19,20);1H. The molecule has 6 heteroatoms. The Labute approximate surface area is 156 Å². The molecule has 0 aliphatic heterocycles. The second-order valence-electron chi connectivity index (χ2n) is 5.55. The molecule has 0 saturated heterocycles. The molecule has 0 aromatic heterocycles. The van der Waals surface area contributed by atoms with Crippen molar-refractivity contribution in [3.63, 3.8) is 0 Å². The van der Waals surface area contributed by atoms with Crippen LogP contribution in [0.5, 0.6) is 0 Å². The number of ether oxygens (including phenoxy) is 1. The van der Waals surface area contributed by atoms with Crippen LogP contribution in [0.1, 0.15) is 36.2 Å². The second-order valence-corrected chi connectivity index (χ2v) is 5.55. The topological polar surface area (TPSA) is 62.7 Å². The van der Waals surface area contributed by atoms with Gasteiger partial charge in [0.25, 0.3) is 0 Å². The first kappa shape index (κ1) is 21.7. The summed E-state index contributed by atoms with van der Waals surface area (Å²) in [5.41, 5.74) is 1.74. The number of benzene rings is 1. The summed E-state index contributed by atoms with van der Waals surface area (Å²) in [5.74, 6) is 1.20. The summed E-state index contributed by atoms with van der Waals surface area (Å²) in [6.07, 6.45) is 1.99. The van der Waals surface area contributed by atoms with Gasteiger partial charge in [-0.25, -0.2) is 4.79 Å². The zero-order chi connectivity index (χ0) is 16.4. The Bertz CT molecular complexity index is 487. The van der Waals surface area contributed by atoms with Gasteiger partial charge in [0, 0.05) is 20.1 Å². The van der Waals surface area contributed by atoms with Crippen molar-refractivity contribution < 1.29 is 9.53 Å². The van der Waals surface area contributed by atoms with Gasteiger partial charge in [-0.3, -0.25) is 4.99 Å². The summed E-state index contributed by atoms with van der Waals surface area (Å²) < 4.78 is 4.68. The summed E-state index contributed by atoms with van der Waals surface area (Å²) >= 11 is 0. The molecule has 0 unspecified atom stereocenters. The molecule has 1 aromatic carbocycles. The zero-order valence-corrected chi connectivity index (χ0v) is 16.7. The lowest BCUT2D eigenvalue weighted by Gasteiger charge is -2.12. The van der Waals surface area contributed by atoms with Gasteiger partial charge in [-0.2, -0.15) is 0 Å². The molecule has 0 bridgehead atoms. The van der Waals surface area contributed by atoms with Crippen LogP contribution in [0, 0.1) is 5.92 Å². The van der Waals surface area contributed by atoms with Crippen LogP contribution in [0.25, 0.3) is 0 Å². The fourth-order valence-electron chi connectivity index (χ4n) is 1.95. The number of methoxy groups -OCH3 is 1. The van der Waals surface area contributed by atoms with Crippen molar-refractivity contribution in [2.45, 2.75) is 26.7 Å². The van der Waals surface area contributed by atoms with Gasteiger partial charge in [-0.05, 0) is 36.5 Å². The van der Waals surface area contributed by atoms with Crippen molar-refractivity contribution in [3.8, 4) is 0 Å². The van der Waals surface area contributed by atoms with Crippen LogP contribution in [0.3, 0.4) is 0 Å². The van der Waals surface area contributed by atoms with Crippen LogP contribution in [0.15, 0.2) is 29.3 Å². The molecule has 0 aliphatic rings. The van der Waals surface area contributed by atoms with Crippen molar-refractivity contribution in [1.29, 1.82) is 0 Å². The zero-order valence-electron chi connectivity index (χ0n) is 14.4. The summed E-state index contributed by atoms with van der Waals surface area (Å²) in [5, 5.41) is 6.58. The van der Waals surface area contributed by atoms with E-state index in [1.165, 1.54) is 7.11 Å². The molecule has 0 heterocycles. The number of guanidine groups is 1. The average Bonchev–Trinajstić information content (AvgIpc) is 2.53. The first-order valence-corrected chi connectivity index (χ1v) is 7.68. The molecule has 2 N–H and O–H groups in total. The number of carbonyl (C=O) groups excluding carboxylic acids is 1. The Morgan fingerprint density at radius 1 is 1.17 bits per heavy atom. The molecule has 5 nitrogen and oxygen atoms in total. The third kappa shape index (κ3) is 8.78. The predicted octanol–water partition coefficient (Wildman–Crippen LogP) is 2.84. The van der Waals surface area contributed by atoms with Gasteiger partial charge in [0.05, 0.1) is 12.7 Å². The molecular weight excluding hydrogens is 405 g/mol. The molecule has 0 atom stereocenters. The Balaban J connectivity index is 0.00000484. The van der Waals surface area contributed by atoms with Crippen molar-refractivity contribution in [2.75, 3.05) is 27.2 Å². The number of nitrogens with one attached hydrogen (secondary N) is 2. The minimum atomic E-state index is -0.306. The maximum Gasteiger partial charge on any atom is 0.337 e. The fraction of sp³-hybridized carbons (Fsp3) is 0.529. The molecule has 0 saturated carbocycles. The number of carbonyl (C=O) groups is 1. The summed E-state index contributed by atoms with van der Waals surface area (Å²) in [4.78, 5) is 15.6. The van der Waals surface area contributed by atoms with E-state index in [-0.39, 0.29) is 29.9 Å². The first-order chi connectivity index (χ1) is 10.6. The van der Waals surface area contributed by atoms with Crippen LogP contribution in [-0.2, 0) is 11.2 Å². The van der Waals surface area contributed by atoms with Crippen LogP contribution in [-0.4, -0.2) is 39.2 Å². The Morgan fingerprint density at radius 2 is 1.78 bits per heavy atom. The number of hydrogen-bond donors (Lipinski definition) is 2. The van der Waals surface area contributed by atoms with E-state index in [1.54, 1.807) is 19.2 Å². The number of rotatable bonds is 7. The Kier molecular flexibility index (Phi) is 11.5. The highest BCUT2D eigenvalue weighted by Crippen LogP contribution is 2.06. The lowest BCUT2D eigenvalue weighted by molar-refractivity contribution is 0.0600.